The summed E-state index contributed by atoms with van der Waals surface area (Å²) in [5.74, 6) is -0.376. The van der Waals surface area contributed by atoms with Gasteiger partial charge in [-0.1, -0.05) is 18.2 Å². The van der Waals surface area contributed by atoms with Gasteiger partial charge in [0.2, 0.25) is 0 Å². The summed E-state index contributed by atoms with van der Waals surface area (Å²) in [6, 6.07) is 16.9. The predicted molar refractivity (Wildman–Crippen MR) is 128 cm³/mol. The minimum absolute atomic E-state index is 0.0201. The SMILES string of the molecule is O=C(CCCNC(=O)c1cc2ccccc2s1)c1ccc(OC2CCC(C(=O)O)CC2)cc1. The van der Waals surface area contributed by atoms with E-state index < -0.39 is 5.97 Å². The average molecular weight is 466 g/mol. The van der Waals surface area contributed by atoms with Gasteiger partial charge in [-0.05, 0) is 73.9 Å². The number of nitrogens with one attached hydrogen (secondary N) is 1. The number of fused-ring (bicyclic) bond motifs is 1. The summed E-state index contributed by atoms with van der Waals surface area (Å²) in [5.41, 5.74) is 0.618. The number of hydrogen-bond donors (Lipinski definition) is 2. The fraction of sp³-hybridized carbons (Fsp3) is 0.346. The van der Waals surface area contributed by atoms with E-state index in [1.807, 2.05) is 30.3 Å². The molecule has 7 heteroatoms. The van der Waals surface area contributed by atoms with Crippen molar-refractivity contribution in [3.63, 3.8) is 0 Å². The Morgan fingerprint density at radius 2 is 1.73 bits per heavy atom. The Bertz CT molecular complexity index is 1100. The summed E-state index contributed by atoms with van der Waals surface area (Å²) in [7, 11) is 0. The second kappa shape index (κ2) is 10.6. The molecule has 0 atom stereocenters. The van der Waals surface area contributed by atoms with E-state index in [9.17, 15) is 14.4 Å². The molecule has 0 bridgehead atoms. The van der Waals surface area contributed by atoms with Crippen molar-refractivity contribution in [1.82, 2.24) is 5.32 Å². The molecule has 0 aliphatic heterocycles. The van der Waals surface area contributed by atoms with Crippen molar-refractivity contribution < 1.29 is 24.2 Å². The monoisotopic (exact) mass is 465 g/mol. The lowest BCUT2D eigenvalue weighted by Gasteiger charge is -2.26. The zero-order valence-electron chi connectivity index (χ0n) is 18.3. The highest BCUT2D eigenvalue weighted by molar-refractivity contribution is 7.20. The van der Waals surface area contributed by atoms with E-state index in [4.69, 9.17) is 9.84 Å². The summed E-state index contributed by atoms with van der Waals surface area (Å²) < 4.78 is 7.04. The number of ketones is 1. The molecule has 1 aliphatic rings. The highest BCUT2D eigenvalue weighted by Crippen LogP contribution is 2.28. The number of amides is 1. The topological polar surface area (TPSA) is 92.7 Å². The first-order valence-corrected chi connectivity index (χ1v) is 12.1. The van der Waals surface area contributed by atoms with E-state index in [1.54, 1.807) is 24.3 Å². The van der Waals surface area contributed by atoms with Gasteiger partial charge in [0, 0.05) is 23.2 Å². The number of thiophene rings is 1. The van der Waals surface area contributed by atoms with Crippen LogP contribution in [-0.2, 0) is 4.79 Å². The standard InChI is InChI=1S/C26H27NO5S/c28-22(5-3-15-27-25(29)24-16-19-4-1-2-6-23(19)33-24)17-7-11-20(12-8-17)32-21-13-9-18(10-14-21)26(30)31/h1-2,4,6-8,11-12,16,18,21H,3,5,9-10,13-15H2,(H,27,29)(H,30,31). The Balaban J connectivity index is 1.19. The molecule has 172 valence electrons. The molecule has 0 spiro atoms. The van der Waals surface area contributed by atoms with Crippen molar-refractivity contribution >= 4 is 39.1 Å². The van der Waals surface area contributed by atoms with Crippen LogP contribution in [0.3, 0.4) is 0 Å². The largest absolute Gasteiger partial charge is 0.490 e. The lowest BCUT2D eigenvalue weighted by molar-refractivity contribution is -0.143. The average Bonchev–Trinajstić information content (AvgIpc) is 3.27. The molecule has 6 nitrogen and oxygen atoms in total. The summed E-state index contributed by atoms with van der Waals surface area (Å²) >= 11 is 1.46. The molecule has 0 unspecified atom stereocenters. The maximum atomic E-state index is 12.5. The van der Waals surface area contributed by atoms with Gasteiger partial charge in [-0.25, -0.2) is 0 Å². The second-order valence-electron chi connectivity index (χ2n) is 8.39. The third kappa shape index (κ3) is 5.99. The molecule has 1 aliphatic carbocycles. The molecule has 2 aromatic carbocycles. The molecule has 1 saturated carbocycles. The first-order valence-electron chi connectivity index (χ1n) is 11.3. The predicted octanol–water partition coefficient (Wildman–Crippen LogP) is 5.32. The van der Waals surface area contributed by atoms with Crippen LogP contribution in [0, 0.1) is 5.92 Å². The normalized spacial score (nSPS) is 18.1. The zero-order chi connectivity index (χ0) is 23.2. The lowest BCUT2D eigenvalue weighted by Crippen LogP contribution is -2.27. The van der Waals surface area contributed by atoms with Crippen LogP contribution in [-0.4, -0.2) is 35.4 Å². The van der Waals surface area contributed by atoms with Crippen LogP contribution in [0.25, 0.3) is 10.1 Å². The van der Waals surface area contributed by atoms with E-state index in [0.29, 0.717) is 48.4 Å². The van der Waals surface area contributed by atoms with Crippen molar-refractivity contribution in [3.05, 3.63) is 65.0 Å². The van der Waals surface area contributed by atoms with Crippen LogP contribution in [0.4, 0.5) is 0 Å². The quantitative estimate of drug-likeness (QED) is 0.330. The minimum atomic E-state index is -0.726. The van der Waals surface area contributed by atoms with Gasteiger partial charge in [0.1, 0.15) is 5.75 Å². The first-order chi connectivity index (χ1) is 16.0. The molecule has 0 radical (unpaired) electrons. The molecule has 33 heavy (non-hydrogen) atoms. The van der Waals surface area contributed by atoms with Crippen molar-refractivity contribution in [3.8, 4) is 5.75 Å². The highest BCUT2D eigenvalue weighted by Gasteiger charge is 2.26. The van der Waals surface area contributed by atoms with Crippen LogP contribution >= 0.6 is 11.3 Å². The maximum absolute atomic E-state index is 12.5. The second-order valence-corrected chi connectivity index (χ2v) is 9.47. The number of carboxylic acids is 1. The molecule has 3 aromatic rings. The molecular weight excluding hydrogens is 438 g/mol. The molecule has 0 saturated heterocycles. The fourth-order valence-electron chi connectivity index (χ4n) is 4.12. The van der Waals surface area contributed by atoms with Crippen molar-refractivity contribution in [2.45, 2.75) is 44.6 Å². The lowest BCUT2D eigenvalue weighted by atomic mass is 9.87. The number of carbonyl (C=O) groups excluding carboxylic acids is 2. The molecule has 1 fully saturated rings. The number of rotatable bonds is 9. The number of hydrogen-bond acceptors (Lipinski definition) is 5. The third-order valence-electron chi connectivity index (χ3n) is 6.02. The highest BCUT2D eigenvalue weighted by atomic mass is 32.1. The van der Waals surface area contributed by atoms with E-state index >= 15 is 0 Å². The first kappa shape index (κ1) is 23.0. The van der Waals surface area contributed by atoms with Gasteiger partial charge in [-0.3, -0.25) is 14.4 Å². The van der Waals surface area contributed by atoms with E-state index in [0.717, 1.165) is 22.9 Å². The Morgan fingerprint density at radius 1 is 1.00 bits per heavy atom. The molecular formula is C26H27NO5S. The Kier molecular flexibility index (Phi) is 7.40. The van der Waals surface area contributed by atoms with Crippen LogP contribution in [0.1, 0.15) is 58.6 Å². The maximum Gasteiger partial charge on any atom is 0.306 e. The van der Waals surface area contributed by atoms with Gasteiger partial charge in [-0.2, -0.15) is 0 Å². The smallest absolute Gasteiger partial charge is 0.306 e. The van der Waals surface area contributed by atoms with Crippen LogP contribution < -0.4 is 10.1 Å². The van der Waals surface area contributed by atoms with Crippen molar-refractivity contribution in [2.75, 3.05) is 6.54 Å². The van der Waals surface area contributed by atoms with Crippen LogP contribution in [0.5, 0.6) is 5.75 Å². The van der Waals surface area contributed by atoms with Gasteiger partial charge >= 0.3 is 5.97 Å². The van der Waals surface area contributed by atoms with Crippen molar-refractivity contribution in [2.24, 2.45) is 5.92 Å². The Hall–Kier alpha value is -3.19. The third-order valence-corrected chi connectivity index (χ3v) is 7.13. The van der Waals surface area contributed by atoms with Gasteiger partial charge < -0.3 is 15.2 Å². The van der Waals surface area contributed by atoms with E-state index in [1.165, 1.54) is 11.3 Å². The Labute approximate surface area is 196 Å². The number of aliphatic carboxylic acids is 1. The van der Waals surface area contributed by atoms with Crippen LogP contribution in [0.2, 0.25) is 0 Å². The van der Waals surface area contributed by atoms with Crippen LogP contribution in [0.15, 0.2) is 54.6 Å². The van der Waals surface area contributed by atoms with E-state index in [2.05, 4.69) is 5.32 Å². The summed E-state index contributed by atoms with van der Waals surface area (Å²) in [4.78, 5) is 36.6. The van der Waals surface area contributed by atoms with Gasteiger partial charge in [0.05, 0.1) is 16.9 Å². The number of benzene rings is 2. The molecule has 2 N–H and O–H groups in total. The number of carbonyl (C=O) groups is 3. The Morgan fingerprint density at radius 3 is 2.42 bits per heavy atom. The number of carboxylic acid groups (broad SMARTS) is 1. The molecule has 4 rings (SSSR count). The fourth-order valence-corrected chi connectivity index (χ4v) is 5.09. The number of Topliss-reactive ketones (excluding diaryl/α,β-unsaturated/α-hetero) is 1. The molecule has 1 amide bonds. The van der Waals surface area contributed by atoms with Crippen molar-refractivity contribution in [1.29, 1.82) is 0 Å². The number of ether oxygens (including phenoxy) is 1. The summed E-state index contributed by atoms with van der Waals surface area (Å²) in [6.07, 6.45) is 3.67. The van der Waals surface area contributed by atoms with Gasteiger partial charge in [0.15, 0.2) is 5.78 Å². The van der Waals surface area contributed by atoms with Gasteiger partial charge in [0.25, 0.3) is 5.91 Å². The summed E-state index contributed by atoms with van der Waals surface area (Å²) in [5, 5.41) is 13.0. The van der Waals surface area contributed by atoms with Gasteiger partial charge in [-0.15, -0.1) is 11.3 Å². The van der Waals surface area contributed by atoms with E-state index in [-0.39, 0.29) is 23.7 Å². The molecule has 1 heterocycles. The molecule has 1 aromatic heterocycles. The minimum Gasteiger partial charge on any atom is -0.490 e. The summed E-state index contributed by atoms with van der Waals surface area (Å²) in [6.45, 7) is 0.443. The zero-order valence-corrected chi connectivity index (χ0v) is 19.1.